The number of rotatable bonds is 8. The van der Waals surface area contributed by atoms with Crippen LogP contribution in [0.2, 0.25) is 0 Å². The lowest BCUT2D eigenvalue weighted by atomic mass is 10.1. The number of carbonyl (C=O) groups is 3. The van der Waals surface area contributed by atoms with Gasteiger partial charge in [-0.05, 0) is 32.9 Å². The number of aryl methyl sites for hydroxylation is 2. The molecule has 0 unspecified atom stereocenters. The van der Waals surface area contributed by atoms with Gasteiger partial charge in [-0.1, -0.05) is 0 Å². The molecule has 0 radical (unpaired) electrons. The van der Waals surface area contributed by atoms with Gasteiger partial charge in [0.1, 0.15) is 4.90 Å². The number of nitro benzene ring substituents is 1. The van der Waals surface area contributed by atoms with Crippen molar-refractivity contribution in [2.24, 2.45) is 0 Å². The van der Waals surface area contributed by atoms with Gasteiger partial charge in [-0.3, -0.25) is 14.9 Å². The highest BCUT2D eigenvalue weighted by Gasteiger charge is 2.27. The normalized spacial score (nSPS) is 11.1. The summed E-state index contributed by atoms with van der Waals surface area (Å²) in [5.41, 5.74) is -0.243. The maximum atomic E-state index is 12.6. The molecule has 2 rings (SSSR count). The molecule has 1 aromatic heterocycles. The summed E-state index contributed by atoms with van der Waals surface area (Å²) in [5.74, 6) is -2.45. The van der Waals surface area contributed by atoms with Crippen LogP contribution in [-0.4, -0.2) is 55.5 Å². The first-order valence-electron chi connectivity index (χ1n) is 8.93. The lowest BCUT2D eigenvalue weighted by Crippen LogP contribution is -2.18. The van der Waals surface area contributed by atoms with Crippen molar-refractivity contribution in [1.29, 1.82) is 0 Å². The molecule has 0 bridgehead atoms. The van der Waals surface area contributed by atoms with Crippen LogP contribution >= 0.6 is 0 Å². The van der Waals surface area contributed by atoms with Crippen LogP contribution in [0.15, 0.2) is 23.1 Å². The quantitative estimate of drug-likeness (QED) is 0.273. The molecular formula is C19H20N2O9S. The van der Waals surface area contributed by atoms with Gasteiger partial charge in [-0.2, -0.15) is 0 Å². The Labute approximate surface area is 177 Å². The predicted octanol–water partition coefficient (Wildman–Crippen LogP) is 2.16. The van der Waals surface area contributed by atoms with E-state index in [2.05, 4.69) is 4.98 Å². The van der Waals surface area contributed by atoms with E-state index in [1.54, 1.807) is 20.8 Å². The van der Waals surface area contributed by atoms with E-state index in [4.69, 9.17) is 9.47 Å². The van der Waals surface area contributed by atoms with Crippen LogP contribution in [0.3, 0.4) is 0 Å². The Kier molecular flexibility index (Phi) is 6.95. The summed E-state index contributed by atoms with van der Waals surface area (Å²) < 4.78 is 33.2. The lowest BCUT2D eigenvalue weighted by molar-refractivity contribution is -0.387. The first kappa shape index (κ1) is 23.7. The molecule has 0 fully saturated rings. The van der Waals surface area contributed by atoms with Crippen molar-refractivity contribution in [3.63, 3.8) is 0 Å². The topological polar surface area (TPSA) is 163 Å². The molecule has 0 saturated heterocycles. The van der Waals surface area contributed by atoms with Crippen molar-refractivity contribution in [3.8, 4) is 0 Å². The number of esters is 2. The van der Waals surface area contributed by atoms with Crippen molar-refractivity contribution >= 4 is 33.2 Å². The van der Waals surface area contributed by atoms with E-state index in [9.17, 15) is 32.9 Å². The molecule has 0 aliphatic heterocycles. The number of benzene rings is 1. The van der Waals surface area contributed by atoms with Crippen molar-refractivity contribution in [1.82, 2.24) is 4.98 Å². The molecular weight excluding hydrogens is 432 g/mol. The zero-order valence-electron chi connectivity index (χ0n) is 17.2. The highest BCUT2D eigenvalue weighted by atomic mass is 32.2. The van der Waals surface area contributed by atoms with Crippen LogP contribution in [0.5, 0.6) is 0 Å². The molecule has 12 heteroatoms. The minimum atomic E-state index is -3.90. The number of H-pyrrole nitrogens is 1. The van der Waals surface area contributed by atoms with Crippen LogP contribution < -0.4 is 0 Å². The van der Waals surface area contributed by atoms with Crippen LogP contribution in [0.25, 0.3) is 0 Å². The number of aromatic nitrogens is 1. The number of nitrogens with zero attached hydrogens (tertiary/aromatic N) is 1. The van der Waals surface area contributed by atoms with Crippen LogP contribution in [0.4, 0.5) is 5.69 Å². The summed E-state index contributed by atoms with van der Waals surface area (Å²) in [4.78, 5) is 49.6. The van der Waals surface area contributed by atoms with E-state index in [1.165, 1.54) is 0 Å². The third-order valence-electron chi connectivity index (χ3n) is 4.26. The number of hydrogen-bond acceptors (Lipinski definition) is 9. The maximum absolute atomic E-state index is 12.6. The smallest absolute Gasteiger partial charge is 0.340 e. The first-order chi connectivity index (χ1) is 14.4. The molecule has 0 aliphatic rings. The van der Waals surface area contributed by atoms with Crippen molar-refractivity contribution in [3.05, 3.63) is 56.4 Å². The lowest BCUT2D eigenvalue weighted by Gasteiger charge is -2.08. The predicted molar refractivity (Wildman–Crippen MR) is 107 cm³/mol. The second-order valence-corrected chi connectivity index (χ2v) is 8.54. The van der Waals surface area contributed by atoms with Crippen LogP contribution in [0, 0.1) is 24.0 Å². The highest BCUT2D eigenvalue weighted by molar-refractivity contribution is 7.90. The van der Waals surface area contributed by atoms with Gasteiger partial charge in [-0.25, -0.2) is 18.0 Å². The van der Waals surface area contributed by atoms with Gasteiger partial charge in [0.05, 0.1) is 28.2 Å². The van der Waals surface area contributed by atoms with E-state index in [-0.39, 0.29) is 23.3 Å². The largest absolute Gasteiger partial charge is 0.462 e. The average molecular weight is 452 g/mol. The number of ketones is 1. The Morgan fingerprint density at radius 2 is 1.68 bits per heavy atom. The fraction of sp³-hybridized carbons (Fsp3) is 0.316. The fourth-order valence-corrected chi connectivity index (χ4v) is 3.80. The Morgan fingerprint density at radius 1 is 1.06 bits per heavy atom. The monoisotopic (exact) mass is 452 g/mol. The van der Waals surface area contributed by atoms with Crippen molar-refractivity contribution in [2.75, 3.05) is 19.5 Å². The van der Waals surface area contributed by atoms with Crippen LogP contribution in [-0.2, 0) is 19.3 Å². The summed E-state index contributed by atoms with van der Waals surface area (Å²) in [6.07, 6.45) is 0.800. The van der Waals surface area contributed by atoms with Gasteiger partial charge in [-0.15, -0.1) is 0 Å². The molecule has 2 aromatic rings. The molecule has 166 valence electrons. The number of sulfone groups is 1. The van der Waals surface area contributed by atoms with Gasteiger partial charge < -0.3 is 14.5 Å². The van der Waals surface area contributed by atoms with E-state index >= 15 is 0 Å². The second-order valence-electron chi connectivity index (χ2n) is 6.56. The second kappa shape index (κ2) is 9.08. The van der Waals surface area contributed by atoms with Gasteiger partial charge in [0.15, 0.2) is 16.4 Å². The van der Waals surface area contributed by atoms with Crippen LogP contribution in [0.1, 0.15) is 49.4 Å². The summed E-state index contributed by atoms with van der Waals surface area (Å²) in [6.45, 7) is 4.13. The first-order valence-corrected chi connectivity index (χ1v) is 10.8. The Balaban J connectivity index is 2.26. The minimum absolute atomic E-state index is 0.0159. The summed E-state index contributed by atoms with van der Waals surface area (Å²) in [5, 5.41) is 11.2. The zero-order chi connectivity index (χ0) is 23.5. The van der Waals surface area contributed by atoms with Crippen molar-refractivity contribution < 1.29 is 37.2 Å². The summed E-state index contributed by atoms with van der Waals surface area (Å²) >= 11 is 0. The van der Waals surface area contributed by atoms with E-state index in [1.807, 2.05) is 0 Å². The standard InChI is InChI=1S/C19H20N2O9S/c1-5-29-19(24)17-11(3)20-10(2)16(17)14(22)9-30-18(23)12-6-7-15(31(4,27)28)13(8-12)21(25)26/h6-8,20H,5,9H2,1-4H3. The number of carbonyl (C=O) groups excluding carboxylic acids is 3. The van der Waals surface area contributed by atoms with Gasteiger partial charge >= 0.3 is 11.9 Å². The van der Waals surface area contributed by atoms with E-state index in [0.717, 1.165) is 24.5 Å². The third-order valence-corrected chi connectivity index (χ3v) is 5.40. The number of hydrogen-bond donors (Lipinski definition) is 1. The maximum Gasteiger partial charge on any atom is 0.340 e. The molecule has 0 atom stereocenters. The van der Waals surface area contributed by atoms with Crippen molar-refractivity contribution in [2.45, 2.75) is 25.7 Å². The Morgan fingerprint density at radius 3 is 2.23 bits per heavy atom. The molecule has 1 heterocycles. The molecule has 1 N–H and O–H groups in total. The highest BCUT2D eigenvalue weighted by Crippen LogP contribution is 2.25. The molecule has 31 heavy (non-hydrogen) atoms. The number of ether oxygens (including phenoxy) is 2. The molecule has 11 nitrogen and oxygen atoms in total. The summed E-state index contributed by atoms with van der Waals surface area (Å²) in [7, 11) is -3.90. The zero-order valence-corrected chi connectivity index (χ0v) is 18.0. The SMILES string of the molecule is CCOC(=O)c1c(C)[nH]c(C)c1C(=O)COC(=O)c1ccc(S(C)(=O)=O)c([N+](=O)[O-])c1. The Bertz CT molecular complexity index is 1180. The Hall–Kier alpha value is -3.54. The van der Waals surface area contributed by atoms with E-state index < -0.39 is 49.7 Å². The molecule has 0 spiro atoms. The molecule has 1 aromatic carbocycles. The van der Waals surface area contributed by atoms with Gasteiger partial charge in [0, 0.05) is 23.7 Å². The van der Waals surface area contributed by atoms with Gasteiger partial charge in [0.25, 0.3) is 5.69 Å². The number of nitrogens with one attached hydrogen (secondary N) is 1. The third kappa shape index (κ3) is 5.15. The molecule has 0 aliphatic carbocycles. The number of nitro groups is 1. The average Bonchev–Trinajstić information content (AvgIpc) is 2.98. The molecule has 0 amide bonds. The summed E-state index contributed by atoms with van der Waals surface area (Å²) in [6, 6.07) is 2.73. The molecule has 0 saturated carbocycles. The van der Waals surface area contributed by atoms with Gasteiger partial charge in [0.2, 0.25) is 5.78 Å². The fourth-order valence-electron chi connectivity index (χ4n) is 2.98. The number of Topliss-reactive ketones (excluding diaryl/α,β-unsaturated/α-hetero) is 1. The number of aromatic amines is 1. The van der Waals surface area contributed by atoms with E-state index in [0.29, 0.717) is 11.4 Å². The minimum Gasteiger partial charge on any atom is -0.462 e.